The summed E-state index contributed by atoms with van der Waals surface area (Å²) in [4.78, 5) is 8.60. The van der Waals surface area contributed by atoms with Crippen molar-refractivity contribution < 1.29 is 4.74 Å². The number of hydrogen-bond acceptors (Lipinski definition) is 4. The van der Waals surface area contributed by atoms with Gasteiger partial charge in [-0.15, -0.1) is 0 Å². The Hall–Kier alpha value is -2.10. The van der Waals surface area contributed by atoms with Crippen LogP contribution in [0.15, 0.2) is 30.6 Å². The molecule has 0 spiro atoms. The third-order valence-electron chi connectivity index (χ3n) is 2.59. The van der Waals surface area contributed by atoms with E-state index in [1.165, 1.54) is 0 Å². The number of benzene rings is 1. The summed E-state index contributed by atoms with van der Waals surface area (Å²) in [5.74, 6) is 1.59. The first kappa shape index (κ1) is 11.4. The highest BCUT2D eigenvalue weighted by Crippen LogP contribution is 2.23. The molecule has 88 valence electrons. The number of aryl methyl sites for hydroxylation is 1. The first-order chi connectivity index (χ1) is 8.24. The van der Waals surface area contributed by atoms with Crippen molar-refractivity contribution >= 4 is 5.69 Å². The highest BCUT2D eigenvalue weighted by molar-refractivity contribution is 5.59. The molecule has 0 aliphatic carbocycles. The van der Waals surface area contributed by atoms with Gasteiger partial charge in [-0.3, -0.25) is 0 Å². The van der Waals surface area contributed by atoms with E-state index in [9.17, 15) is 0 Å². The average Bonchev–Trinajstić information content (AvgIpc) is 2.39. The fraction of sp³-hybridized carbons (Fsp3) is 0.231. The monoisotopic (exact) mass is 229 g/mol. The smallest absolute Gasteiger partial charge is 0.159 e. The standard InChI is InChI=1S/C13H15N3O/c1-9-6-10(4-5-12(9)17-3)13-15-7-11(14-2)8-16-13/h4-8,14H,1-3H3. The molecule has 0 unspecified atom stereocenters. The molecule has 0 amide bonds. The first-order valence-electron chi connectivity index (χ1n) is 5.39. The van der Waals surface area contributed by atoms with Crippen molar-refractivity contribution in [2.24, 2.45) is 0 Å². The fourth-order valence-electron chi connectivity index (χ4n) is 1.62. The Morgan fingerprint density at radius 2 is 1.88 bits per heavy atom. The van der Waals surface area contributed by atoms with Crippen LogP contribution >= 0.6 is 0 Å². The van der Waals surface area contributed by atoms with Gasteiger partial charge in [-0.25, -0.2) is 9.97 Å². The van der Waals surface area contributed by atoms with E-state index in [4.69, 9.17) is 4.74 Å². The quantitative estimate of drug-likeness (QED) is 0.878. The molecule has 17 heavy (non-hydrogen) atoms. The van der Waals surface area contributed by atoms with Gasteiger partial charge in [0.05, 0.1) is 25.2 Å². The van der Waals surface area contributed by atoms with Crippen LogP contribution in [0.3, 0.4) is 0 Å². The normalized spacial score (nSPS) is 10.1. The van der Waals surface area contributed by atoms with Gasteiger partial charge < -0.3 is 10.1 Å². The number of aromatic nitrogens is 2. The Balaban J connectivity index is 2.35. The van der Waals surface area contributed by atoms with Crippen LogP contribution in [-0.4, -0.2) is 24.1 Å². The third kappa shape index (κ3) is 2.36. The second-order valence-corrected chi connectivity index (χ2v) is 3.73. The Kier molecular flexibility index (Phi) is 3.23. The minimum Gasteiger partial charge on any atom is -0.496 e. The number of nitrogens with zero attached hydrogens (tertiary/aromatic N) is 2. The summed E-state index contributed by atoms with van der Waals surface area (Å²) >= 11 is 0. The second kappa shape index (κ2) is 4.82. The molecule has 4 nitrogen and oxygen atoms in total. The molecule has 2 aromatic rings. The van der Waals surface area contributed by atoms with Crippen LogP contribution in [0.5, 0.6) is 5.75 Å². The van der Waals surface area contributed by atoms with Gasteiger partial charge in [-0.1, -0.05) is 0 Å². The van der Waals surface area contributed by atoms with Crippen molar-refractivity contribution in [1.29, 1.82) is 0 Å². The van der Waals surface area contributed by atoms with E-state index >= 15 is 0 Å². The van der Waals surface area contributed by atoms with E-state index in [1.54, 1.807) is 19.5 Å². The lowest BCUT2D eigenvalue weighted by atomic mass is 10.1. The van der Waals surface area contributed by atoms with Crippen LogP contribution in [0.1, 0.15) is 5.56 Å². The molecule has 4 heteroatoms. The zero-order valence-electron chi connectivity index (χ0n) is 10.2. The summed E-state index contributed by atoms with van der Waals surface area (Å²) in [7, 11) is 3.51. The lowest BCUT2D eigenvalue weighted by Crippen LogP contribution is -1.94. The van der Waals surface area contributed by atoms with Crippen molar-refractivity contribution in [3.8, 4) is 17.1 Å². The van der Waals surface area contributed by atoms with Crippen molar-refractivity contribution in [2.75, 3.05) is 19.5 Å². The van der Waals surface area contributed by atoms with E-state index in [-0.39, 0.29) is 0 Å². The molecule has 1 aromatic carbocycles. The minimum atomic E-state index is 0.717. The lowest BCUT2D eigenvalue weighted by Gasteiger charge is -2.07. The second-order valence-electron chi connectivity index (χ2n) is 3.73. The van der Waals surface area contributed by atoms with Crippen LogP contribution < -0.4 is 10.1 Å². The van der Waals surface area contributed by atoms with Gasteiger partial charge in [0.15, 0.2) is 5.82 Å². The zero-order chi connectivity index (χ0) is 12.3. The van der Waals surface area contributed by atoms with Crippen LogP contribution in [0, 0.1) is 6.92 Å². The molecule has 0 saturated carbocycles. The minimum absolute atomic E-state index is 0.717. The summed E-state index contributed by atoms with van der Waals surface area (Å²) in [6.07, 6.45) is 3.53. The Morgan fingerprint density at radius 1 is 1.18 bits per heavy atom. The van der Waals surface area contributed by atoms with Crippen molar-refractivity contribution in [3.63, 3.8) is 0 Å². The maximum absolute atomic E-state index is 5.22. The van der Waals surface area contributed by atoms with Crippen molar-refractivity contribution in [2.45, 2.75) is 6.92 Å². The predicted octanol–water partition coefficient (Wildman–Crippen LogP) is 2.50. The third-order valence-corrected chi connectivity index (χ3v) is 2.59. The van der Waals surface area contributed by atoms with Gasteiger partial charge in [0.1, 0.15) is 5.75 Å². The topological polar surface area (TPSA) is 47.0 Å². The lowest BCUT2D eigenvalue weighted by molar-refractivity contribution is 0.412. The molecule has 1 aromatic heterocycles. The number of nitrogens with one attached hydrogen (secondary N) is 1. The summed E-state index contributed by atoms with van der Waals surface area (Å²) in [6, 6.07) is 5.91. The summed E-state index contributed by atoms with van der Waals surface area (Å²) in [6.45, 7) is 2.00. The molecule has 0 saturated heterocycles. The fourth-order valence-corrected chi connectivity index (χ4v) is 1.62. The van der Waals surface area contributed by atoms with Crippen LogP contribution in [0.2, 0.25) is 0 Å². The SMILES string of the molecule is CNc1cnc(-c2ccc(OC)c(C)c2)nc1. The molecule has 1 heterocycles. The Morgan fingerprint density at radius 3 is 2.41 bits per heavy atom. The van der Waals surface area contributed by atoms with Gasteiger partial charge in [-0.2, -0.15) is 0 Å². The predicted molar refractivity (Wildman–Crippen MR) is 68.3 cm³/mol. The van der Waals surface area contributed by atoms with Crippen LogP contribution in [-0.2, 0) is 0 Å². The van der Waals surface area contributed by atoms with Gasteiger partial charge in [0, 0.05) is 12.6 Å². The summed E-state index contributed by atoms with van der Waals surface area (Å²) < 4.78 is 5.22. The van der Waals surface area contributed by atoms with Crippen molar-refractivity contribution in [3.05, 3.63) is 36.2 Å². The number of anilines is 1. The molecular weight excluding hydrogens is 214 g/mol. The molecule has 0 radical (unpaired) electrons. The average molecular weight is 229 g/mol. The van der Waals surface area contributed by atoms with Gasteiger partial charge in [0.25, 0.3) is 0 Å². The molecule has 0 fully saturated rings. The molecule has 0 bridgehead atoms. The molecule has 0 aliphatic rings. The first-order valence-corrected chi connectivity index (χ1v) is 5.39. The number of methoxy groups -OCH3 is 1. The van der Waals surface area contributed by atoms with E-state index in [2.05, 4.69) is 15.3 Å². The maximum atomic E-state index is 5.22. The largest absolute Gasteiger partial charge is 0.496 e. The van der Waals surface area contributed by atoms with Gasteiger partial charge >= 0.3 is 0 Å². The molecule has 0 atom stereocenters. The maximum Gasteiger partial charge on any atom is 0.159 e. The van der Waals surface area contributed by atoms with E-state index in [0.717, 1.165) is 28.4 Å². The Labute approximate surface area is 101 Å². The summed E-state index contributed by atoms with van der Waals surface area (Å²) in [5.41, 5.74) is 2.97. The zero-order valence-corrected chi connectivity index (χ0v) is 10.2. The summed E-state index contributed by atoms with van der Waals surface area (Å²) in [5, 5.41) is 2.99. The van der Waals surface area contributed by atoms with E-state index in [0.29, 0.717) is 0 Å². The van der Waals surface area contributed by atoms with E-state index in [1.807, 2.05) is 32.2 Å². The highest BCUT2D eigenvalue weighted by Gasteiger charge is 2.04. The van der Waals surface area contributed by atoms with E-state index < -0.39 is 0 Å². The molecule has 2 rings (SSSR count). The number of rotatable bonds is 3. The molecule has 0 aliphatic heterocycles. The van der Waals surface area contributed by atoms with Crippen LogP contribution in [0.25, 0.3) is 11.4 Å². The van der Waals surface area contributed by atoms with Gasteiger partial charge in [-0.05, 0) is 30.7 Å². The molecular formula is C13H15N3O. The Bertz CT molecular complexity index is 509. The number of ether oxygens (including phenoxy) is 1. The van der Waals surface area contributed by atoms with Gasteiger partial charge in [0.2, 0.25) is 0 Å². The van der Waals surface area contributed by atoms with Crippen LogP contribution in [0.4, 0.5) is 5.69 Å². The van der Waals surface area contributed by atoms with Crippen molar-refractivity contribution in [1.82, 2.24) is 9.97 Å². The molecule has 1 N–H and O–H groups in total. The highest BCUT2D eigenvalue weighted by atomic mass is 16.5. The number of hydrogen-bond donors (Lipinski definition) is 1.